The second-order valence-corrected chi connectivity index (χ2v) is 10.9. The molecular formula is C31H60O4. The normalized spacial score (nSPS) is 12.1. The molecule has 0 aromatic carbocycles. The van der Waals surface area contributed by atoms with Crippen LogP contribution in [0, 0.1) is 5.92 Å². The van der Waals surface area contributed by atoms with Gasteiger partial charge in [0.05, 0.1) is 6.61 Å². The summed E-state index contributed by atoms with van der Waals surface area (Å²) in [7, 11) is 0. The Balaban J connectivity index is 3.27. The zero-order valence-corrected chi connectivity index (χ0v) is 24.1. The smallest absolute Gasteiger partial charge is 0.306 e. The van der Waals surface area contributed by atoms with Gasteiger partial charge in [0.2, 0.25) is 0 Å². The molecule has 0 saturated heterocycles. The molecule has 0 aliphatic carbocycles. The van der Waals surface area contributed by atoms with Crippen molar-refractivity contribution < 1.29 is 19.1 Å². The summed E-state index contributed by atoms with van der Waals surface area (Å²) in [6.45, 7) is 8.94. The molecule has 0 amide bonds. The molecular weight excluding hydrogens is 436 g/mol. The van der Waals surface area contributed by atoms with Gasteiger partial charge in [0.1, 0.15) is 6.10 Å². The highest BCUT2D eigenvalue weighted by Gasteiger charge is 2.12. The van der Waals surface area contributed by atoms with Crippen LogP contribution in [0.2, 0.25) is 0 Å². The van der Waals surface area contributed by atoms with Gasteiger partial charge in [-0.2, -0.15) is 0 Å². The van der Waals surface area contributed by atoms with E-state index in [9.17, 15) is 9.59 Å². The topological polar surface area (TPSA) is 52.6 Å². The lowest BCUT2D eigenvalue weighted by Crippen LogP contribution is -2.19. The fraction of sp³-hybridized carbons (Fsp3) is 0.935. The molecule has 0 aliphatic heterocycles. The SMILES string of the molecule is CCCCCCCCCCCCCCCCOC(=O)CCCCCCCCC(=O)OC(C)C(C)C. The van der Waals surface area contributed by atoms with Gasteiger partial charge in [-0.15, -0.1) is 0 Å². The molecule has 1 unspecified atom stereocenters. The Bertz CT molecular complexity index is 475. The number of hydrogen-bond donors (Lipinski definition) is 0. The summed E-state index contributed by atoms with van der Waals surface area (Å²) in [6, 6.07) is 0. The molecule has 35 heavy (non-hydrogen) atoms. The fourth-order valence-corrected chi connectivity index (χ4v) is 4.20. The Morgan fingerprint density at radius 2 is 0.886 bits per heavy atom. The van der Waals surface area contributed by atoms with Crippen molar-refractivity contribution in [3.8, 4) is 0 Å². The van der Waals surface area contributed by atoms with Crippen molar-refractivity contribution >= 4 is 11.9 Å². The minimum Gasteiger partial charge on any atom is -0.466 e. The highest BCUT2D eigenvalue weighted by molar-refractivity contribution is 5.69. The van der Waals surface area contributed by atoms with Crippen LogP contribution in [0.5, 0.6) is 0 Å². The number of rotatable bonds is 26. The molecule has 0 N–H and O–H groups in total. The van der Waals surface area contributed by atoms with Gasteiger partial charge in [-0.3, -0.25) is 9.59 Å². The number of carbonyl (C=O) groups excluding carboxylic acids is 2. The average Bonchev–Trinajstić information content (AvgIpc) is 2.83. The summed E-state index contributed by atoms with van der Waals surface area (Å²) in [5.41, 5.74) is 0. The molecule has 4 nitrogen and oxygen atoms in total. The first-order chi connectivity index (χ1) is 17.0. The summed E-state index contributed by atoms with van der Waals surface area (Å²) in [5, 5.41) is 0. The van der Waals surface area contributed by atoms with E-state index in [1.54, 1.807) is 0 Å². The molecule has 0 aromatic rings. The van der Waals surface area contributed by atoms with Gasteiger partial charge in [0, 0.05) is 12.8 Å². The monoisotopic (exact) mass is 496 g/mol. The predicted molar refractivity (Wildman–Crippen MR) is 149 cm³/mol. The quantitative estimate of drug-likeness (QED) is 0.0883. The summed E-state index contributed by atoms with van der Waals surface area (Å²) in [6.07, 6.45) is 26.0. The summed E-state index contributed by atoms with van der Waals surface area (Å²) in [5.74, 6) is 0.249. The number of unbranched alkanes of at least 4 members (excludes halogenated alkanes) is 18. The van der Waals surface area contributed by atoms with Crippen LogP contribution in [-0.4, -0.2) is 24.6 Å². The van der Waals surface area contributed by atoms with E-state index in [1.165, 1.54) is 83.5 Å². The van der Waals surface area contributed by atoms with E-state index in [0.29, 0.717) is 25.4 Å². The van der Waals surface area contributed by atoms with E-state index in [1.807, 2.05) is 6.92 Å². The first-order valence-electron chi connectivity index (χ1n) is 15.3. The van der Waals surface area contributed by atoms with Gasteiger partial charge in [0.15, 0.2) is 0 Å². The first kappa shape index (κ1) is 33.9. The Kier molecular flexibility index (Phi) is 25.2. The maximum Gasteiger partial charge on any atom is 0.306 e. The van der Waals surface area contributed by atoms with Crippen molar-refractivity contribution in [1.29, 1.82) is 0 Å². The molecule has 0 aliphatic rings. The van der Waals surface area contributed by atoms with Gasteiger partial charge in [0.25, 0.3) is 0 Å². The number of carbonyl (C=O) groups is 2. The molecule has 0 rings (SSSR count). The van der Waals surface area contributed by atoms with Crippen LogP contribution in [0.1, 0.15) is 169 Å². The minimum atomic E-state index is -0.0762. The van der Waals surface area contributed by atoms with Crippen LogP contribution < -0.4 is 0 Å². The minimum absolute atomic E-state index is 0.00312. The van der Waals surface area contributed by atoms with Crippen LogP contribution in [0.25, 0.3) is 0 Å². The van der Waals surface area contributed by atoms with Gasteiger partial charge in [-0.25, -0.2) is 0 Å². The van der Waals surface area contributed by atoms with Crippen molar-refractivity contribution in [3.05, 3.63) is 0 Å². The zero-order chi connectivity index (χ0) is 26.0. The third-order valence-corrected chi connectivity index (χ3v) is 7.03. The summed E-state index contributed by atoms with van der Waals surface area (Å²) in [4.78, 5) is 23.6. The summed E-state index contributed by atoms with van der Waals surface area (Å²) >= 11 is 0. The molecule has 0 radical (unpaired) electrons. The van der Waals surface area contributed by atoms with E-state index in [2.05, 4.69) is 20.8 Å². The van der Waals surface area contributed by atoms with Crippen molar-refractivity contribution in [3.63, 3.8) is 0 Å². The lowest BCUT2D eigenvalue weighted by Gasteiger charge is -2.16. The average molecular weight is 497 g/mol. The lowest BCUT2D eigenvalue weighted by atomic mass is 10.0. The highest BCUT2D eigenvalue weighted by atomic mass is 16.5. The van der Waals surface area contributed by atoms with Crippen LogP contribution in [0.15, 0.2) is 0 Å². The van der Waals surface area contributed by atoms with Crippen molar-refractivity contribution in [2.24, 2.45) is 5.92 Å². The van der Waals surface area contributed by atoms with E-state index in [0.717, 1.165) is 44.9 Å². The second kappa shape index (κ2) is 26.0. The Hall–Kier alpha value is -1.06. The zero-order valence-electron chi connectivity index (χ0n) is 24.1. The second-order valence-electron chi connectivity index (χ2n) is 10.9. The summed E-state index contributed by atoms with van der Waals surface area (Å²) < 4.78 is 10.8. The molecule has 0 bridgehead atoms. The Labute approximate surface area is 218 Å². The largest absolute Gasteiger partial charge is 0.466 e. The third kappa shape index (κ3) is 25.8. The number of ether oxygens (including phenoxy) is 2. The highest BCUT2D eigenvalue weighted by Crippen LogP contribution is 2.14. The van der Waals surface area contributed by atoms with Gasteiger partial charge < -0.3 is 9.47 Å². The Morgan fingerprint density at radius 3 is 1.31 bits per heavy atom. The van der Waals surface area contributed by atoms with Crippen LogP contribution in [0.4, 0.5) is 0 Å². The van der Waals surface area contributed by atoms with Gasteiger partial charge >= 0.3 is 11.9 Å². The predicted octanol–water partition coefficient (Wildman–Crippen LogP) is 9.72. The van der Waals surface area contributed by atoms with Crippen molar-refractivity contribution in [2.75, 3.05) is 6.61 Å². The standard InChI is InChI=1S/C31H60O4/c1-5-6-7-8-9-10-11-12-13-14-15-18-21-24-27-34-30(32)25-22-19-16-17-20-23-26-31(33)35-29(4)28(2)3/h28-29H,5-27H2,1-4H3. The van der Waals surface area contributed by atoms with E-state index in [4.69, 9.17) is 9.47 Å². The molecule has 208 valence electrons. The Morgan fingerprint density at radius 1 is 0.514 bits per heavy atom. The van der Waals surface area contributed by atoms with Gasteiger partial charge in [-0.05, 0) is 32.1 Å². The third-order valence-electron chi connectivity index (χ3n) is 7.03. The first-order valence-corrected chi connectivity index (χ1v) is 15.3. The lowest BCUT2D eigenvalue weighted by molar-refractivity contribution is -0.150. The number of esters is 2. The molecule has 4 heteroatoms. The molecule has 0 aromatic heterocycles. The van der Waals surface area contributed by atoms with Crippen LogP contribution in [0.3, 0.4) is 0 Å². The fourth-order valence-electron chi connectivity index (χ4n) is 4.20. The molecule has 0 fully saturated rings. The van der Waals surface area contributed by atoms with Gasteiger partial charge in [-0.1, -0.05) is 130 Å². The maximum absolute atomic E-state index is 11.8. The van der Waals surface area contributed by atoms with Crippen LogP contribution >= 0.6 is 0 Å². The molecule has 0 heterocycles. The van der Waals surface area contributed by atoms with Crippen molar-refractivity contribution in [2.45, 2.75) is 175 Å². The molecule has 0 saturated carbocycles. The van der Waals surface area contributed by atoms with Crippen LogP contribution in [-0.2, 0) is 19.1 Å². The van der Waals surface area contributed by atoms with Crippen molar-refractivity contribution in [1.82, 2.24) is 0 Å². The molecule has 0 spiro atoms. The number of hydrogen-bond acceptors (Lipinski definition) is 4. The van der Waals surface area contributed by atoms with E-state index < -0.39 is 0 Å². The van der Waals surface area contributed by atoms with E-state index >= 15 is 0 Å². The molecule has 1 atom stereocenters. The maximum atomic E-state index is 11.8. The van der Waals surface area contributed by atoms with E-state index in [-0.39, 0.29) is 18.0 Å².